The Bertz CT molecular complexity index is 456. The van der Waals surface area contributed by atoms with Gasteiger partial charge in [0.15, 0.2) is 0 Å². The summed E-state index contributed by atoms with van der Waals surface area (Å²) >= 11 is 0. The van der Waals surface area contributed by atoms with E-state index in [-0.39, 0.29) is 5.92 Å². The minimum atomic E-state index is 0.116. The first-order valence-electron chi connectivity index (χ1n) is 5.66. The maximum absolute atomic E-state index is 5.68. The molecule has 0 saturated heterocycles. The van der Waals surface area contributed by atoms with Gasteiger partial charge < -0.3 is 10.3 Å². The van der Waals surface area contributed by atoms with Crippen LogP contribution in [0.1, 0.15) is 31.6 Å². The first-order valence-corrected chi connectivity index (χ1v) is 5.66. The highest BCUT2D eigenvalue weighted by Gasteiger charge is 2.18. The Kier molecular flexibility index (Phi) is 3.77. The Labute approximate surface area is 99.3 Å². The average Bonchev–Trinajstić information content (AvgIpc) is 2.86. The molecular formula is C11H15N5O. The van der Waals surface area contributed by atoms with Gasteiger partial charge in [0.25, 0.3) is 0 Å². The molecule has 1 unspecified atom stereocenters. The monoisotopic (exact) mass is 233 g/mol. The van der Waals surface area contributed by atoms with Gasteiger partial charge in [-0.3, -0.25) is 0 Å². The Balaban J connectivity index is 2.21. The van der Waals surface area contributed by atoms with Crippen molar-refractivity contribution < 1.29 is 4.52 Å². The second kappa shape index (κ2) is 5.49. The molecule has 2 N–H and O–H groups in total. The molecule has 0 saturated carbocycles. The smallest absolute Gasteiger partial charge is 0.240 e. The summed E-state index contributed by atoms with van der Waals surface area (Å²) in [7, 11) is 0. The molecular weight excluding hydrogens is 218 g/mol. The molecule has 2 rings (SSSR count). The molecule has 0 aromatic carbocycles. The first kappa shape index (κ1) is 11.7. The number of nitrogens with zero attached hydrogens (tertiary/aromatic N) is 4. The zero-order chi connectivity index (χ0) is 12.1. The van der Waals surface area contributed by atoms with Crippen LogP contribution in [0, 0.1) is 0 Å². The summed E-state index contributed by atoms with van der Waals surface area (Å²) in [6.07, 6.45) is 5.25. The van der Waals surface area contributed by atoms with Gasteiger partial charge in [-0.05, 0) is 12.5 Å². The molecule has 0 spiro atoms. The van der Waals surface area contributed by atoms with Crippen molar-refractivity contribution in [1.29, 1.82) is 0 Å². The Morgan fingerprint density at radius 3 is 2.71 bits per heavy atom. The van der Waals surface area contributed by atoms with E-state index >= 15 is 0 Å². The van der Waals surface area contributed by atoms with E-state index < -0.39 is 0 Å². The lowest BCUT2D eigenvalue weighted by Gasteiger charge is -2.06. The first-order chi connectivity index (χ1) is 8.35. The fourth-order valence-corrected chi connectivity index (χ4v) is 1.60. The second-order valence-electron chi connectivity index (χ2n) is 3.75. The SMILES string of the molecule is CCCC(CN)c1nc(-c2ncccn2)no1. The fourth-order valence-electron chi connectivity index (χ4n) is 1.60. The molecule has 1 atom stereocenters. The fraction of sp³-hybridized carbons (Fsp3) is 0.455. The third-order valence-corrected chi connectivity index (χ3v) is 2.48. The molecule has 0 fully saturated rings. The van der Waals surface area contributed by atoms with E-state index in [9.17, 15) is 0 Å². The highest BCUT2D eigenvalue weighted by Crippen LogP contribution is 2.20. The highest BCUT2D eigenvalue weighted by molar-refractivity contribution is 5.40. The molecule has 2 aromatic heterocycles. The van der Waals surface area contributed by atoms with Gasteiger partial charge in [0.2, 0.25) is 17.5 Å². The molecule has 0 aliphatic rings. The lowest BCUT2D eigenvalue weighted by molar-refractivity contribution is 0.347. The molecule has 17 heavy (non-hydrogen) atoms. The van der Waals surface area contributed by atoms with Crippen LogP contribution in [0.2, 0.25) is 0 Å². The van der Waals surface area contributed by atoms with E-state index in [1.165, 1.54) is 0 Å². The number of nitrogens with two attached hydrogens (primary N) is 1. The molecule has 0 aliphatic carbocycles. The largest absolute Gasteiger partial charge is 0.339 e. The van der Waals surface area contributed by atoms with E-state index in [4.69, 9.17) is 10.3 Å². The van der Waals surface area contributed by atoms with Crippen LogP contribution < -0.4 is 5.73 Å². The average molecular weight is 233 g/mol. The minimum Gasteiger partial charge on any atom is -0.339 e. The van der Waals surface area contributed by atoms with Crippen molar-refractivity contribution in [3.8, 4) is 11.6 Å². The van der Waals surface area contributed by atoms with Gasteiger partial charge in [-0.2, -0.15) is 4.98 Å². The lowest BCUT2D eigenvalue weighted by Crippen LogP contribution is -2.12. The summed E-state index contributed by atoms with van der Waals surface area (Å²) in [6.45, 7) is 2.60. The van der Waals surface area contributed by atoms with E-state index in [1.807, 2.05) is 0 Å². The van der Waals surface area contributed by atoms with Gasteiger partial charge in [0.05, 0.1) is 5.92 Å². The van der Waals surface area contributed by atoms with Gasteiger partial charge in [-0.25, -0.2) is 9.97 Å². The zero-order valence-corrected chi connectivity index (χ0v) is 9.71. The van der Waals surface area contributed by atoms with Gasteiger partial charge in [0, 0.05) is 18.9 Å². The van der Waals surface area contributed by atoms with Crippen molar-refractivity contribution in [2.45, 2.75) is 25.7 Å². The van der Waals surface area contributed by atoms with Crippen molar-refractivity contribution in [1.82, 2.24) is 20.1 Å². The number of aromatic nitrogens is 4. The van der Waals surface area contributed by atoms with E-state index in [1.54, 1.807) is 18.5 Å². The number of rotatable bonds is 5. The topological polar surface area (TPSA) is 90.7 Å². The van der Waals surface area contributed by atoms with E-state index in [2.05, 4.69) is 27.0 Å². The zero-order valence-electron chi connectivity index (χ0n) is 9.71. The van der Waals surface area contributed by atoms with Gasteiger partial charge in [0.1, 0.15) is 0 Å². The normalized spacial score (nSPS) is 12.6. The number of hydrogen-bond donors (Lipinski definition) is 1. The molecule has 6 heteroatoms. The Morgan fingerprint density at radius 1 is 1.29 bits per heavy atom. The van der Waals surface area contributed by atoms with Crippen molar-refractivity contribution in [3.63, 3.8) is 0 Å². The minimum absolute atomic E-state index is 0.116. The van der Waals surface area contributed by atoms with Crippen LogP contribution in [0.5, 0.6) is 0 Å². The van der Waals surface area contributed by atoms with Gasteiger partial charge in [-0.1, -0.05) is 18.5 Å². The molecule has 6 nitrogen and oxygen atoms in total. The van der Waals surface area contributed by atoms with Crippen LogP contribution in [-0.2, 0) is 0 Å². The molecule has 0 bridgehead atoms. The van der Waals surface area contributed by atoms with E-state index in [0.717, 1.165) is 12.8 Å². The maximum Gasteiger partial charge on any atom is 0.240 e. The molecule has 90 valence electrons. The van der Waals surface area contributed by atoms with Gasteiger partial charge in [-0.15, -0.1) is 0 Å². The molecule has 0 radical (unpaired) electrons. The van der Waals surface area contributed by atoms with Crippen LogP contribution in [0.25, 0.3) is 11.6 Å². The van der Waals surface area contributed by atoms with Crippen LogP contribution in [-0.4, -0.2) is 26.7 Å². The van der Waals surface area contributed by atoms with Gasteiger partial charge >= 0.3 is 0 Å². The third-order valence-electron chi connectivity index (χ3n) is 2.48. The standard InChI is InChI=1S/C11H15N5O/c1-2-4-8(7-12)11-15-10(16-17-11)9-13-5-3-6-14-9/h3,5-6,8H,2,4,7,12H2,1H3. The predicted molar refractivity (Wildman–Crippen MR) is 62.0 cm³/mol. The van der Waals surface area contributed by atoms with Crippen molar-refractivity contribution >= 4 is 0 Å². The highest BCUT2D eigenvalue weighted by atomic mass is 16.5. The summed E-state index contributed by atoms with van der Waals surface area (Å²) in [5.41, 5.74) is 5.68. The summed E-state index contributed by atoms with van der Waals surface area (Å²) in [5.74, 6) is 1.56. The quantitative estimate of drug-likeness (QED) is 0.838. The summed E-state index contributed by atoms with van der Waals surface area (Å²) < 4.78 is 5.20. The third kappa shape index (κ3) is 2.65. The van der Waals surface area contributed by atoms with Crippen molar-refractivity contribution in [2.24, 2.45) is 5.73 Å². The van der Waals surface area contributed by atoms with Crippen LogP contribution in [0.4, 0.5) is 0 Å². The van der Waals surface area contributed by atoms with E-state index in [0.29, 0.717) is 24.1 Å². The molecule has 2 heterocycles. The predicted octanol–water partition coefficient (Wildman–Crippen LogP) is 1.37. The Morgan fingerprint density at radius 2 is 2.06 bits per heavy atom. The maximum atomic E-state index is 5.68. The summed E-state index contributed by atoms with van der Waals surface area (Å²) in [5, 5.41) is 3.87. The summed E-state index contributed by atoms with van der Waals surface area (Å²) in [6, 6.07) is 1.74. The molecule has 0 amide bonds. The van der Waals surface area contributed by atoms with Crippen LogP contribution in [0.3, 0.4) is 0 Å². The molecule has 0 aliphatic heterocycles. The second-order valence-corrected chi connectivity index (χ2v) is 3.75. The van der Waals surface area contributed by atoms with Crippen LogP contribution >= 0.6 is 0 Å². The van der Waals surface area contributed by atoms with Crippen LogP contribution in [0.15, 0.2) is 23.0 Å². The van der Waals surface area contributed by atoms with Crippen molar-refractivity contribution in [2.75, 3.05) is 6.54 Å². The number of hydrogen-bond acceptors (Lipinski definition) is 6. The Hall–Kier alpha value is -1.82. The molecule has 2 aromatic rings. The lowest BCUT2D eigenvalue weighted by atomic mass is 10.0. The summed E-state index contributed by atoms with van der Waals surface area (Å²) in [4.78, 5) is 12.4. The van der Waals surface area contributed by atoms with Crippen molar-refractivity contribution in [3.05, 3.63) is 24.4 Å².